The Balaban J connectivity index is 0.00000200. The Kier molecular flexibility index (Phi) is 8.56. The highest BCUT2D eigenvalue weighted by atomic mass is 35.5. The van der Waals surface area contributed by atoms with Crippen molar-refractivity contribution >= 4 is 24.8 Å². The summed E-state index contributed by atoms with van der Waals surface area (Å²) in [6.07, 6.45) is 2.98. The number of likely N-dealkylation sites (tertiary alicyclic amines) is 1. The summed E-state index contributed by atoms with van der Waals surface area (Å²) >= 11 is 0. The molecule has 1 fully saturated rings. The van der Waals surface area contributed by atoms with E-state index in [4.69, 9.17) is 10.5 Å². The highest BCUT2D eigenvalue weighted by Crippen LogP contribution is 2.25. The molecule has 1 aromatic rings. The molecule has 1 aromatic heterocycles. The van der Waals surface area contributed by atoms with E-state index in [0.29, 0.717) is 12.0 Å². The number of piperidine rings is 1. The third-order valence-electron chi connectivity index (χ3n) is 4.18. The van der Waals surface area contributed by atoms with Crippen LogP contribution in [-0.2, 0) is 6.54 Å². The summed E-state index contributed by atoms with van der Waals surface area (Å²) in [6, 6.07) is 0.345. The number of nitrogens with two attached hydrogens (primary N) is 1. The number of ether oxygens (including phenoxy) is 1. The number of aromatic nitrogens is 1. The zero-order chi connectivity index (χ0) is 14.0. The maximum Gasteiger partial charge on any atom is 0.128 e. The Bertz CT molecular complexity index is 457. The zero-order valence-electron chi connectivity index (χ0n) is 13.3. The fourth-order valence-corrected chi connectivity index (χ4v) is 2.84. The second-order valence-corrected chi connectivity index (χ2v) is 5.71. The van der Waals surface area contributed by atoms with Gasteiger partial charge in [0.15, 0.2) is 0 Å². The first-order chi connectivity index (χ1) is 9.02. The first kappa shape index (κ1) is 20.5. The van der Waals surface area contributed by atoms with Gasteiger partial charge >= 0.3 is 0 Å². The van der Waals surface area contributed by atoms with Crippen molar-refractivity contribution in [3.05, 3.63) is 23.0 Å². The Morgan fingerprint density at radius 2 is 2.05 bits per heavy atom. The molecule has 0 saturated carbocycles. The molecule has 2 atom stereocenters. The van der Waals surface area contributed by atoms with Crippen LogP contribution in [0.2, 0.25) is 0 Å². The van der Waals surface area contributed by atoms with E-state index < -0.39 is 0 Å². The third kappa shape index (κ3) is 4.71. The molecule has 0 spiro atoms. The number of nitrogens with zero attached hydrogens (tertiary/aromatic N) is 2. The van der Waals surface area contributed by atoms with E-state index in [1.807, 2.05) is 13.1 Å². The average molecular weight is 336 g/mol. The van der Waals surface area contributed by atoms with Gasteiger partial charge < -0.3 is 10.5 Å². The van der Waals surface area contributed by atoms with Gasteiger partial charge in [-0.1, -0.05) is 6.92 Å². The lowest BCUT2D eigenvalue weighted by Gasteiger charge is -2.35. The van der Waals surface area contributed by atoms with Gasteiger partial charge in [0.2, 0.25) is 0 Å². The van der Waals surface area contributed by atoms with Crippen LogP contribution in [0.5, 0.6) is 5.75 Å². The molecule has 1 saturated heterocycles. The summed E-state index contributed by atoms with van der Waals surface area (Å²) in [4.78, 5) is 7.01. The van der Waals surface area contributed by atoms with Gasteiger partial charge in [-0.15, -0.1) is 24.8 Å². The Morgan fingerprint density at radius 1 is 1.38 bits per heavy atom. The third-order valence-corrected chi connectivity index (χ3v) is 4.18. The Morgan fingerprint density at radius 3 is 2.62 bits per heavy atom. The maximum absolute atomic E-state index is 6.07. The number of aryl methyl sites for hydroxylation is 1. The van der Waals surface area contributed by atoms with Crippen LogP contribution < -0.4 is 10.5 Å². The quantitative estimate of drug-likeness (QED) is 0.922. The molecule has 0 radical (unpaired) electrons. The lowest BCUT2D eigenvalue weighted by Crippen LogP contribution is -2.45. The van der Waals surface area contributed by atoms with E-state index in [0.717, 1.165) is 48.6 Å². The summed E-state index contributed by atoms with van der Waals surface area (Å²) in [5.74, 6) is 1.52. The van der Waals surface area contributed by atoms with Crippen molar-refractivity contribution in [1.82, 2.24) is 9.88 Å². The van der Waals surface area contributed by atoms with Gasteiger partial charge in [0.1, 0.15) is 5.75 Å². The molecule has 2 rings (SSSR count). The number of rotatable bonds is 3. The van der Waals surface area contributed by atoms with Gasteiger partial charge in [-0.05, 0) is 26.2 Å². The first-order valence-electron chi connectivity index (χ1n) is 7.00. The molecule has 2 heterocycles. The van der Waals surface area contributed by atoms with Crippen molar-refractivity contribution in [3.63, 3.8) is 0 Å². The summed E-state index contributed by atoms with van der Waals surface area (Å²) in [6.45, 7) is 9.35. The molecule has 122 valence electrons. The van der Waals surface area contributed by atoms with E-state index >= 15 is 0 Å². The van der Waals surface area contributed by atoms with Crippen molar-refractivity contribution in [1.29, 1.82) is 0 Å². The number of hydrogen-bond acceptors (Lipinski definition) is 4. The van der Waals surface area contributed by atoms with E-state index in [1.54, 1.807) is 7.11 Å². The minimum absolute atomic E-state index is 0. The fourth-order valence-electron chi connectivity index (χ4n) is 2.84. The van der Waals surface area contributed by atoms with Gasteiger partial charge in [-0.25, -0.2) is 0 Å². The molecule has 21 heavy (non-hydrogen) atoms. The molecule has 2 N–H and O–H groups in total. The summed E-state index contributed by atoms with van der Waals surface area (Å²) in [5, 5.41) is 0. The molecular weight excluding hydrogens is 309 g/mol. The number of methoxy groups -OCH3 is 1. The normalized spacial score (nSPS) is 22.1. The lowest BCUT2D eigenvalue weighted by molar-refractivity contribution is 0.156. The predicted octanol–water partition coefficient (Wildman–Crippen LogP) is 2.72. The van der Waals surface area contributed by atoms with Crippen LogP contribution in [0.25, 0.3) is 0 Å². The summed E-state index contributed by atoms with van der Waals surface area (Å²) in [7, 11) is 1.72. The summed E-state index contributed by atoms with van der Waals surface area (Å²) < 4.78 is 5.47. The minimum atomic E-state index is 0. The molecule has 0 amide bonds. The maximum atomic E-state index is 6.07. The van der Waals surface area contributed by atoms with Crippen LogP contribution >= 0.6 is 24.8 Å². The topological polar surface area (TPSA) is 51.4 Å². The smallest absolute Gasteiger partial charge is 0.128 e. The SMILES string of the molecule is COc1c(C)cnc(CN2CCC(N)C(C)C2)c1C.Cl.Cl. The highest BCUT2D eigenvalue weighted by molar-refractivity contribution is 5.85. The monoisotopic (exact) mass is 335 g/mol. The second-order valence-electron chi connectivity index (χ2n) is 5.71. The van der Waals surface area contributed by atoms with Gasteiger partial charge in [0.25, 0.3) is 0 Å². The largest absolute Gasteiger partial charge is 0.496 e. The van der Waals surface area contributed by atoms with Crippen molar-refractivity contribution < 1.29 is 4.74 Å². The van der Waals surface area contributed by atoms with Crippen molar-refractivity contribution in [2.45, 2.75) is 39.8 Å². The fraction of sp³-hybridized carbons (Fsp3) is 0.667. The number of halogens is 2. The molecule has 2 unspecified atom stereocenters. The molecular formula is C15H27Cl2N3O. The first-order valence-corrected chi connectivity index (χ1v) is 7.00. The number of pyridine rings is 1. The lowest BCUT2D eigenvalue weighted by atomic mass is 9.94. The van der Waals surface area contributed by atoms with Crippen molar-refractivity contribution in [2.75, 3.05) is 20.2 Å². The molecule has 6 heteroatoms. The summed E-state index contributed by atoms with van der Waals surface area (Å²) in [5.41, 5.74) is 9.44. The molecule has 4 nitrogen and oxygen atoms in total. The predicted molar refractivity (Wildman–Crippen MR) is 91.8 cm³/mol. The van der Waals surface area contributed by atoms with E-state index in [9.17, 15) is 0 Å². The van der Waals surface area contributed by atoms with Gasteiger partial charge in [0.05, 0.1) is 12.8 Å². The minimum Gasteiger partial charge on any atom is -0.496 e. The van der Waals surface area contributed by atoms with E-state index in [-0.39, 0.29) is 24.8 Å². The van der Waals surface area contributed by atoms with Crippen molar-refractivity contribution in [2.24, 2.45) is 11.7 Å². The van der Waals surface area contributed by atoms with E-state index in [2.05, 4.69) is 23.7 Å². The number of hydrogen-bond donors (Lipinski definition) is 1. The molecule has 1 aliphatic rings. The van der Waals surface area contributed by atoms with Crippen LogP contribution in [0.3, 0.4) is 0 Å². The average Bonchev–Trinajstić information content (AvgIpc) is 2.38. The van der Waals surface area contributed by atoms with Crippen molar-refractivity contribution in [3.8, 4) is 5.75 Å². The van der Waals surface area contributed by atoms with E-state index in [1.165, 1.54) is 0 Å². The van der Waals surface area contributed by atoms with Crippen LogP contribution in [0.1, 0.15) is 30.2 Å². The van der Waals surface area contributed by atoms with Gasteiger partial charge in [-0.2, -0.15) is 0 Å². The molecule has 0 aromatic carbocycles. The second kappa shape index (κ2) is 8.79. The Hall–Kier alpha value is -0.550. The molecule has 0 aliphatic carbocycles. The van der Waals surface area contributed by atoms with Crippen LogP contribution in [0.4, 0.5) is 0 Å². The van der Waals surface area contributed by atoms with Crippen LogP contribution in [0, 0.1) is 19.8 Å². The Labute approximate surface area is 140 Å². The van der Waals surface area contributed by atoms with Crippen LogP contribution in [-0.4, -0.2) is 36.1 Å². The zero-order valence-corrected chi connectivity index (χ0v) is 14.9. The van der Waals surface area contributed by atoms with Gasteiger partial charge in [-0.3, -0.25) is 9.88 Å². The van der Waals surface area contributed by atoms with Gasteiger partial charge in [0, 0.05) is 43.0 Å². The molecule has 1 aliphatic heterocycles. The standard InChI is InChI=1S/C15H25N3O.2ClH/c1-10-7-17-14(12(3)15(10)19-4)9-18-6-5-13(16)11(2)8-18;;/h7,11,13H,5-6,8-9,16H2,1-4H3;2*1H. The van der Waals surface area contributed by atoms with Crippen LogP contribution in [0.15, 0.2) is 6.20 Å². The highest BCUT2D eigenvalue weighted by Gasteiger charge is 2.24. The molecule has 0 bridgehead atoms.